The number of nitrogens with two attached hydrogens (primary N) is 1. The topological polar surface area (TPSA) is 29.3 Å². The van der Waals surface area contributed by atoms with E-state index in [9.17, 15) is 0 Å². The Morgan fingerprint density at radius 2 is 2.00 bits per heavy atom. The first kappa shape index (κ1) is 15.2. The third-order valence-corrected chi connectivity index (χ3v) is 5.42. The van der Waals surface area contributed by atoms with Gasteiger partial charge in [0.2, 0.25) is 0 Å². The third kappa shape index (κ3) is 4.12. The van der Waals surface area contributed by atoms with Gasteiger partial charge in [-0.05, 0) is 24.1 Å². The highest BCUT2D eigenvalue weighted by Gasteiger charge is 2.27. The standard InChI is InChI=1S/C15H23ClN2S/c1-15(2)7-8-18(9-10-19-15)14(11-17)12-3-5-13(16)6-4-12/h3-6,14H,7-11,17H2,1-2H3. The molecule has 1 unspecified atom stereocenters. The van der Waals surface area contributed by atoms with Gasteiger partial charge in [0.1, 0.15) is 0 Å². The van der Waals surface area contributed by atoms with Crippen LogP contribution in [-0.2, 0) is 0 Å². The Balaban J connectivity index is 2.11. The van der Waals surface area contributed by atoms with Crippen LogP contribution in [0.1, 0.15) is 31.9 Å². The number of rotatable bonds is 3. The van der Waals surface area contributed by atoms with Crippen molar-refractivity contribution in [2.45, 2.75) is 31.1 Å². The number of halogens is 1. The lowest BCUT2D eigenvalue weighted by molar-refractivity contribution is 0.211. The molecule has 4 heteroatoms. The van der Waals surface area contributed by atoms with E-state index in [1.807, 2.05) is 12.1 Å². The Bertz CT molecular complexity index is 405. The van der Waals surface area contributed by atoms with Crippen LogP contribution in [0.5, 0.6) is 0 Å². The van der Waals surface area contributed by atoms with E-state index in [4.69, 9.17) is 17.3 Å². The Kier molecular flexibility index (Phi) is 5.18. The molecule has 2 N–H and O–H groups in total. The third-order valence-electron chi connectivity index (χ3n) is 3.79. The summed E-state index contributed by atoms with van der Waals surface area (Å²) in [5.74, 6) is 1.18. The van der Waals surface area contributed by atoms with Gasteiger partial charge < -0.3 is 5.73 Å². The van der Waals surface area contributed by atoms with E-state index in [0.717, 1.165) is 18.1 Å². The SMILES string of the molecule is CC1(C)CCN(C(CN)c2ccc(Cl)cc2)CCS1. The van der Waals surface area contributed by atoms with Crippen molar-refractivity contribution in [2.75, 3.05) is 25.4 Å². The number of benzene rings is 1. The summed E-state index contributed by atoms with van der Waals surface area (Å²) in [6.45, 7) is 7.55. The van der Waals surface area contributed by atoms with Gasteiger partial charge in [0.25, 0.3) is 0 Å². The molecule has 0 amide bonds. The minimum absolute atomic E-state index is 0.312. The molecule has 1 aliphatic heterocycles. The van der Waals surface area contributed by atoms with E-state index in [-0.39, 0.29) is 0 Å². The fraction of sp³-hybridized carbons (Fsp3) is 0.600. The summed E-state index contributed by atoms with van der Waals surface area (Å²) in [6, 6.07) is 8.42. The van der Waals surface area contributed by atoms with E-state index in [0.29, 0.717) is 17.3 Å². The molecule has 0 saturated carbocycles. The number of hydrogen-bond donors (Lipinski definition) is 1. The zero-order valence-electron chi connectivity index (χ0n) is 11.7. The second-order valence-corrected chi connectivity index (χ2v) is 7.94. The van der Waals surface area contributed by atoms with Crippen LogP contribution in [0.4, 0.5) is 0 Å². The maximum absolute atomic E-state index is 6.01. The Morgan fingerprint density at radius 3 is 2.63 bits per heavy atom. The molecular formula is C15H23ClN2S. The van der Waals surface area contributed by atoms with Crippen molar-refractivity contribution in [3.63, 3.8) is 0 Å². The summed E-state index contributed by atoms with van der Waals surface area (Å²) in [7, 11) is 0. The summed E-state index contributed by atoms with van der Waals surface area (Å²) in [5, 5.41) is 0.784. The average Bonchev–Trinajstić information content (AvgIpc) is 2.54. The molecule has 1 saturated heterocycles. The molecule has 106 valence electrons. The van der Waals surface area contributed by atoms with Crippen LogP contribution in [-0.4, -0.2) is 35.0 Å². The molecule has 0 aliphatic carbocycles. The van der Waals surface area contributed by atoms with Crippen LogP contribution in [0.15, 0.2) is 24.3 Å². The fourth-order valence-electron chi connectivity index (χ4n) is 2.53. The van der Waals surface area contributed by atoms with E-state index in [1.165, 1.54) is 17.7 Å². The highest BCUT2D eigenvalue weighted by Crippen LogP contribution is 2.33. The maximum atomic E-state index is 6.01. The maximum Gasteiger partial charge on any atom is 0.0470 e. The predicted molar refractivity (Wildman–Crippen MR) is 86.0 cm³/mol. The van der Waals surface area contributed by atoms with Crippen molar-refractivity contribution in [1.29, 1.82) is 0 Å². The van der Waals surface area contributed by atoms with Crippen LogP contribution in [0, 0.1) is 0 Å². The Labute approximate surface area is 125 Å². The monoisotopic (exact) mass is 298 g/mol. The largest absolute Gasteiger partial charge is 0.329 e. The second-order valence-electron chi connectivity index (χ2n) is 5.70. The van der Waals surface area contributed by atoms with Gasteiger partial charge >= 0.3 is 0 Å². The Hall–Kier alpha value is -0.220. The zero-order valence-corrected chi connectivity index (χ0v) is 13.3. The molecule has 0 aromatic heterocycles. The molecule has 0 bridgehead atoms. The molecule has 2 rings (SSSR count). The van der Waals surface area contributed by atoms with Crippen LogP contribution in [0.25, 0.3) is 0 Å². The smallest absolute Gasteiger partial charge is 0.0470 e. The first-order valence-corrected chi connectivity index (χ1v) is 8.22. The molecule has 1 aromatic carbocycles. The van der Waals surface area contributed by atoms with Crippen molar-refractivity contribution >= 4 is 23.4 Å². The highest BCUT2D eigenvalue weighted by atomic mass is 35.5. The van der Waals surface area contributed by atoms with Crippen LogP contribution >= 0.6 is 23.4 Å². The van der Waals surface area contributed by atoms with E-state index >= 15 is 0 Å². The molecular weight excluding hydrogens is 276 g/mol. The van der Waals surface area contributed by atoms with E-state index in [1.54, 1.807) is 0 Å². The van der Waals surface area contributed by atoms with Crippen molar-refractivity contribution in [1.82, 2.24) is 4.90 Å². The molecule has 1 fully saturated rings. The first-order chi connectivity index (χ1) is 9.02. The summed E-state index contributed by atoms with van der Waals surface area (Å²) < 4.78 is 0.383. The van der Waals surface area contributed by atoms with E-state index < -0.39 is 0 Å². The van der Waals surface area contributed by atoms with Crippen molar-refractivity contribution in [3.8, 4) is 0 Å². The fourth-order valence-corrected chi connectivity index (χ4v) is 3.77. The van der Waals surface area contributed by atoms with Gasteiger partial charge in [-0.3, -0.25) is 4.90 Å². The summed E-state index contributed by atoms with van der Waals surface area (Å²) in [4.78, 5) is 2.52. The minimum Gasteiger partial charge on any atom is -0.329 e. The van der Waals surface area contributed by atoms with Crippen molar-refractivity contribution in [2.24, 2.45) is 5.73 Å². The van der Waals surface area contributed by atoms with Gasteiger partial charge in [0.05, 0.1) is 0 Å². The van der Waals surface area contributed by atoms with Gasteiger partial charge in [-0.25, -0.2) is 0 Å². The zero-order chi connectivity index (χ0) is 13.9. The average molecular weight is 299 g/mol. The second kappa shape index (κ2) is 6.49. The van der Waals surface area contributed by atoms with Gasteiger partial charge in [-0.15, -0.1) is 0 Å². The molecule has 1 heterocycles. The summed E-state index contributed by atoms with van der Waals surface area (Å²) in [6.07, 6.45) is 1.21. The lowest BCUT2D eigenvalue weighted by atomic mass is 10.0. The molecule has 1 atom stereocenters. The van der Waals surface area contributed by atoms with Crippen molar-refractivity contribution in [3.05, 3.63) is 34.9 Å². The number of hydrogen-bond acceptors (Lipinski definition) is 3. The quantitative estimate of drug-likeness (QED) is 0.925. The van der Waals surface area contributed by atoms with Crippen molar-refractivity contribution < 1.29 is 0 Å². The normalized spacial score (nSPS) is 21.9. The minimum atomic E-state index is 0.312. The lowest BCUT2D eigenvalue weighted by Crippen LogP contribution is -2.35. The molecule has 1 aromatic rings. The number of thioether (sulfide) groups is 1. The predicted octanol–water partition coefficient (Wildman–Crippen LogP) is 3.56. The van der Waals surface area contributed by atoms with Gasteiger partial charge in [-0.2, -0.15) is 11.8 Å². The molecule has 2 nitrogen and oxygen atoms in total. The molecule has 0 spiro atoms. The van der Waals surface area contributed by atoms with Crippen LogP contribution in [0.2, 0.25) is 5.02 Å². The lowest BCUT2D eigenvalue weighted by Gasteiger charge is -2.30. The molecule has 1 aliphatic rings. The summed E-state index contributed by atoms with van der Waals surface area (Å²) >= 11 is 8.03. The highest BCUT2D eigenvalue weighted by molar-refractivity contribution is 8.00. The molecule has 19 heavy (non-hydrogen) atoms. The van der Waals surface area contributed by atoms with Gasteiger partial charge in [0, 0.05) is 41.2 Å². The summed E-state index contributed by atoms with van der Waals surface area (Å²) in [5.41, 5.74) is 7.29. The number of nitrogens with zero attached hydrogens (tertiary/aromatic N) is 1. The van der Waals surface area contributed by atoms with E-state index in [2.05, 4.69) is 42.6 Å². The Morgan fingerprint density at radius 1 is 1.32 bits per heavy atom. The first-order valence-electron chi connectivity index (χ1n) is 6.85. The van der Waals surface area contributed by atoms with Crippen LogP contribution < -0.4 is 5.73 Å². The van der Waals surface area contributed by atoms with Gasteiger partial charge in [-0.1, -0.05) is 37.6 Å². The molecule has 0 radical (unpaired) electrons. The van der Waals surface area contributed by atoms with Gasteiger partial charge in [0.15, 0.2) is 0 Å². The van der Waals surface area contributed by atoms with Crippen LogP contribution in [0.3, 0.4) is 0 Å².